The lowest BCUT2D eigenvalue weighted by atomic mass is 9.78. The number of hydrogen-bond donors (Lipinski definition) is 2. The van der Waals surface area contributed by atoms with E-state index in [-0.39, 0.29) is 5.69 Å². The van der Waals surface area contributed by atoms with Gasteiger partial charge in [-0.2, -0.15) is 0 Å². The summed E-state index contributed by atoms with van der Waals surface area (Å²) in [5, 5.41) is 9.77. The minimum atomic E-state index is -0.489. The molecule has 0 amide bonds. The van der Waals surface area contributed by atoms with Gasteiger partial charge in [0.1, 0.15) is 0 Å². The van der Waals surface area contributed by atoms with Gasteiger partial charge in [-0.05, 0) is 25.7 Å². The van der Waals surface area contributed by atoms with Crippen LogP contribution in [-0.2, 0) is 6.54 Å². The summed E-state index contributed by atoms with van der Waals surface area (Å²) in [7, 11) is 0. The van der Waals surface area contributed by atoms with Crippen LogP contribution in [0.1, 0.15) is 25.7 Å². The van der Waals surface area contributed by atoms with Crippen LogP contribution >= 0.6 is 0 Å². The fourth-order valence-corrected chi connectivity index (χ4v) is 1.69. The standard InChI is InChI=1S/C9H14N2O2/c12-8-10-5-7-11(8)6-4-9(13)2-1-3-9/h5,7,13H,1-4,6H2,(H,10,12). The number of hydrogen-bond acceptors (Lipinski definition) is 2. The van der Waals surface area contributed by atoms with Crippen molar-refractivity contribution in [1.29, 1.82) is 0 Å². The highest BCUT2D eigenvalue weighted by Crippen LogP contribution is 2.34. The molecule has 0 aliphatic heterocycles. The third-order valence-corrected chi connectivity index (χ3v) is 2.82. The molecule has 0 spiro atoms. The first-order valence-corrected chi connectivity index (χ1v) is 4.66. The van der Waals surface area contributed by atoms with Crippen molar-refractivity contribution >= 4 is 0 Å². The van der Waals surface area contributed by atoms with Gasteiger partial charge in [0.05, 0.1) is 5.60 Å². The van der Waals surface area contributed by atoms with Gasteiger partial charge in [0.25, 0.3) is 0 Å². The summed E-state index contributed by atoms with van der Waals surface area (Å²) in [5.41, 5.74) is -0.584. The van der Waals surface area contributed by atoms with Crippen LogP contribution in [0.15, 0.2) is 17.2 Å². The van der Waals surface area contributed by atoms with Crippen LogP contribution in [0.5, 0.6) is 0 Å². The van der Waals surface area contributed by atoms with E-state index in [1.807, 2.05) is 0 Å². The van der Waals surface area contributed by atoms with E-state index in [1.165, 1.54) is 0 Å². The second-order valence-electron chi connectivity index (χ2n) is 3.79. The van der Waals surface area contributed by atoms with Crippen molar-refractivity contribution < 1.29 is 5.11 Å². The average Bonchev–Trinajstić information content (AvgIpc) is 2.44. The van der Waals surface area contributed by atoms with Gasteiger partial charge in [-0.15, -0.1) is 0 Å². The summed E-state index contributed by atoms with van der Waals surface area (Å²) in [5.74, 6) is 0. The predicted molar refractivity (Wildman–Crippen MR) is 48.5 cm³/mol. The Hall–Kier alpha value is -1.03. The SMILES string of the molecule is O=c1[nH]ccn1CCC1(O)CCC1. The molecule has 0 bridgehead atoms. The van der Waals surface area contributed by atoms with E-state index in [2.05, 4.69) is 4.98 Å². The minimum absolute atomic E-state index is 0.0945. The van der Waals surface area contributed by atoms with Gasteiger partial charge in [-0.25, -0.2) is 4.79 Å². The van der Waals surface area contributed by atoms with Crippen molar-refractivity contribution in [1.82, 2.24) is 9.55 Å². The van der Waals surface area contributed by atoms with Crippen LogP contribution in [0.25, 0.3) is 0 Å². The van der Waals surface area contributed by atoms with Gasteiger partial charge in [-0.1, -0.05) is 0 Å². The van der Waals surface area contributed by atoms with Gasteiger partial charge in [0.2, 0.25) is 0 Å². The summed E-state index contributed by atoms with van der Waals surface area (Å²) in [4.78, 5) is 13.6. The number of aryl methyl sites for hydroxylation is 1. The maximum absolute atomic E-state index is 11.1. The van der Waals surface area contributed by atoms with Gasteiger partial charge in [0.15, 0.2) is 0 Å². The first kappa shape index (κ1) is 8.56. The van der Waals surface area contributed by atoms with E-state index in [9.17, 15) is 9.90 Å². The molecule has 1 aromatic rings. The number of aliphatic hydroxyl groups is 1. The van der Waals surface area contributed by atoms with Crippen LogP contribution in [0, 0.1) is 0 Å². The van der Waals surface area contributed by atoms with E-state index >= 15 is 0 Å². The van der Waals surface area contributed by atoms with Gasteiger partial charge >= 0.3 is 5.69 Å². The molecule has 0 aromatic carbocycles. The number of nitrogens with one attached hydrogen (secondary N) is 1. The number of nitrogens with zero attached hydrogens (tertiary/aromatic N) is 1. The van der Waals surface area contributed by atoms with E-state index in [0.29, 0.717) is 13.0 Å². The maximum Gasteiger partial charge on any atom is 0.325 e. The molecule has 4 nitrogen and oxygen atoms in total. The van der Waals surface area contributed by atoms with Crippen LogP contribution < -0.4 is 5.69 Å². The molecule has 0 unspecified atom stereocenters. The second kappa shape index (κ2) is 3.03. The molecule has 0 atom stereocenters. The zero-order chi connectivity index (χ0) is 9.31. The Morgan fingerprint density at radius 1 is 1.62 bits per heavy atom. The fraction of sp³-hybridized carbons (Fsp3) is 0.667. The van der Waals surface area contributed by atoms with E-state index in [0.717, 1.165) is 19.3 Å². The van der Waals surface area contributed by atoms with Gasteiger partial charge < -0.3 is 10.1 Å². The van der Waals surface area contributed by atoms with Crippen molar-refractivity contribution in [3.05, 3.63) is 22.9 Å². The molecule has 2 N–H and O–H groups in total. The number of aromatic nitrogens is 2. The smallest absolute Gasteiger partial charge is 0.325 e. The summed E-state index contributed by atoms with van der Waals surface area (Å²) in [6, 6.07) is 0. The molecular formula is C9H14N2O2. The zero-order valence-electron chi connectivity index (χ0n) is 7.49. The molecule has 1 aliphatic carbocycles. The molecule has 1 aliphatic rings. The summed E-state index contributed by atoms with van der Waals surface area (Å²) in [6.07, 6.45) is 6.89. The fourth-order valence-electron chi connectivity index (χ4n) is 1.69. The quantitative estimate of drug-likeness (QED) is 0.714. The lowest BCUT2D eigenvalue weighted by Crippen LogP contribution is -2.38. The molecule has 72 valence electrons. The van der Waals surface area contributed by atoms with Gasteiger partial charge in [0, 0.05) is 18.9 Å². The summed E-state index contributed by atoms with van der Waals surface area (Å²) in [6.45, 7) is 0.610. The summed E-state index contributed by atoms with van der Waals surface area (Å²) >= 11 is 0. The minimum Gasteiger partial charge on any atom is -0.390 e. The van der Waals surface area contributed by atoms with Crippen molar-refractivity contribution in [3.8, 4) is 0 Å². The first-order valence-electron chi connectivity index (χ1n) is 4.66. The van der Waals surface area contributed by atoms with E-state index in [4.69, 9.17) is 0 Å². The van der Waals surface area contributed by atoms with Crippen LogP contribution in [0.3, 0.4) is 0 Å². The Balaban J connectivity index is 1.93. The molecule has 1 fully saturated rings. The van der Waals surface area contributed by atoms with Gasteiger partial charge in [-0.3, -0.25) is 4.57 Å². The van der Waals surface area contributed by atoms with Crippen LogP contribution in [0.2, 0.25) is 0 Å². The Morgan fingerprint density at radius 3 is 2.85 bits per heavy atom. The Bertz CT molecular complexity index is 335. The molecule has 1 aromatic heterocycles. The largest absolute Gasteiger partial charge is 0.390 e. The highest BCUT2D eigenvalue weighted by Gasteiger charge is 2.33. The highest BCUT2D eigenvalue weighted by molar-refractivity contribution is 4.88. The lowest BCUT2D eigenvalue weighted by Gasteiger charge is -2.36. The Kier molecular flexibility index (Phi) is 2.00. The lowest BCUT2D eigenvalue weighted by molar-refractivity contribution is -0.0433. The Labute approximate surface area is 76.2 Å². The number of imidazole rings is 1. The third-order valence-electron chi connectivity index (χ3n) is 2.82. The maximum atomic E-state index is 11.1. The van der Waals surface area contributed by atoms with Crippen molar-refractivity contribution in [2.45, 2.75) is 37.8 Å². The molecule has 1 saturated carbocycles. The predicted octanol–water partition coefficient (Wildman–Crippen LogP) is 0.481. The Morgan fingerprint density at radius 2 is 2.38 bits per heavy atom. The second-order valence-corrected chi connectivity index (χ2v) is 3.79. The molecule has 0 saturated heterocycles. The van der Waals surface area contributed by atoms with Crippen molar-refractivity contribution in [2.24, 2.45) is 0 Å². The van der Waals surface area contributed by atoms with Crippen LogP contribution in [-0.4, -0.2) is 20.3 Å². The molecular weight excluding hydrogens is 168 g/mol. The molecule has 0 radical (unpaired) electrons. The van der Waals surface area contributed by atoms with Crippen LogP contribution in [0.4, 0.5) is 0 Å². The average molecular weight is 182 g/mol. The topological polar surface area (TPSA) is 58.0 Å². The normalized spacial score (nSPS) is 19.8. The van der Waals surface area contributed by atoms with Crippen molar-refractivity contribution in [3.63, 3.8) is 0 Å². The number of aromatic amines is 1. The van der Waals surface area contributed by atoms with E-state index in [1.54, 1.807) is 17.0 Å². The monoisotopic (exact) mass is 182 g/mol. The molecule has 1 heterocycles. The number of H-pyrrole nitrogens is 1. The molecule has 4 heteroatoms. The molecule has 2 rings (SSSR count). The highest BCUT2D eigenvalue weighted by atomic mass is 16.3. The van der Waals surface area contributed by atoms with E-state index < -0.39 is 5.60 Å². The van der Waals surface area contributed by atoms with Crippen molar-refractivity contribution in [2.75, 3.05) is 0 Å². The summed E-state index contributed by atoms with van der Waals surface area (Å²) < 4.78 is 1.59. The first-order chi connectivity index (χ1) is 6.20. The number of rotatable bonds is 3. The zero-order valence-corrected chi connectivity index (χ0v) is 7.49. The molecule has 13 heavy (non-hydrogen) atoms. The third kappa shape index (κ3) is 1.67.